The van der Waals surface area contributed by atoms with Crippen LogP contribution in [0.4, 0.5) is 0 Å². The van der Waals surface area contributed by atoms with Crippen LogP contribution in [0.25, 0.3) is 0 Å². The first-order chi connectivity index (χ1) is 7.16. The van der Waals surface area contributed by atoms with Gasteiger partial charge in [0.05, 0.1) is 5.92 Å². The van der Waals surface area contributed by atoms with Crippen LogP contribution >= 0.6 is 0 Å². The molecule has 0 amide bonds. The molecule has 0 aromatic rings. The number of carboxylic acids is 1. The zero-order valence-corrected chi connectivity index (χ0v) is 9.37. The summed E-state index contributed by atoms with van der Waals surface area (Å²) in [5.41, 5.74) is 0. The van der Waals surface area contributed by atoms with Gasteiger partial charge in [0.1, 0.15) is 5.78 Å². The third-order valence-corrected chi connectivity index (χ3v) is 3.27. The van der Waals surface area contributed by atoms with Crippen molar-refractivity contribution in [2.45, 2.75) is 51.9 Å². The number of hydrogen-bond acceptors (Lipinski definition) is 2. The second-order valence-electron chi connectivity index (χ2n) is 4.41. The molecule has 0 bridgehead atoms. The van der Waals surface area contributed by atoms with Gasteiger partial charge in [-0.3, -0.25) is 9.59 Å². The van der Waals surface area contributed by atoms with Gasteiger partial charge in [-0.25, -0.2) is 0 Å². The summed E-state index contributed by atoms with van der Waals surface area (Å²) in [7, 11) is 0. The van der Waals surface area contributed by atoms with Crippen molar-refractivity contribution in [2.75, 3.05) is 0 Å². The SMILES string of the molecule is CCCCC(=O)C1CCCCC1C(=O)O. The molecular formula is C12H20O3. The van der Waals surface area contributed by atoms with E-state index in [1.165, 1.54) is 0 Å². The molecule has 0 saturated heterocycles. The third-order valence-electron chi connectivity index (χ3n) is 3.27. The van der Waals surface area contributed by atoms with E-state index in [-0.39, 0.29) is 11.7 Å². The van der Waals surface area contributed by atoms with Crippen molar-refractivity contribution in [1.82, 2.24) is 0 Å². The van der Waals surface area contributed by atoms with E-state index in [4.69, 9.17) is 5.11 Å². The van der Waals surface area contributed by atoms with Crippen LogP contribution < -0.4 is 0 Å². The van der Waals surface area contributed by atoms with Gasteiger partial charge in [0, 0.05) is 12.3 Å². The molecular weight excluding hydrogens is 192 g/mol. The number of ketones is 1. The summed E-state index contributed by atoms with van der Waals surface area (Å²) >= 11 is 0. The quantitative estimate of drug-likeness (QED) is 0.762. The summed E-state index contributed by atoms with van der Waals surface area (Å²) in [5, 5.41) is 9.03. The molecule has 0 heterocycles. The van der Waals surface area contributed by atoms with Gasteiger partial charge in [0.15, 0.2) is 0 Å². The molecule has 1 fully saturated rings. The molecule has 15 heavy (non-hydrogen) atoms. The Hall–Kier alpha value is -0.860. The van der Waals surface area contributed by atoms with Gasteiger partial charge in [-0.1, -0.05) is 26.2 Å². The highest BCUT2D eigenvalue weighted by Crippen LogP contribution is 2.31. The summed E-state index contributed by atoms with van der Waals surface area (Å²) in [6, 6.07) is 0. The molecule has 2 atom stereocenters. The number of rotatable bonds is 5. The lowest BCUT2D eigenvalue weighted by molar-refractivity contribution is -0.148. The molecule has 1 saturated carbocycles. The van der Waals surface area contributed by atoms with E-state index in [1.54, 1.807) is 0 Å². The molecule has 0 aromatic heterocycles. The average molecular weight is 212 g/mol. The number of aliphatic carboxylic acids is 1. The molecule has 0 radical (unpaired) electrons. The summed E-state index contributed by atoms with van der Waals surface area (Å²) in [6.07, 6.45) is 5.86. The Balaban J connectivity index is 2.55. The number of carbonyl (C=O) groups is 2. The number of carbonyl (C=O) groups excluding carboxylic acids is 1. The van der Waals surface area contributed by atoms with Crippen LogP contribution in [0.5, 0.6) is 0 Å². The van der Waals surface area contributed by atoms with Gasteiger partial charge in [-0.2, -0.15) is 0 Å². The maximum atomic E-state index is 11.8. The maximum absolute atomic E-state index is 11.8. The van der Waals surface area contributed by atoms with Gasteiger partial charge in [0.2, 0.25) is 0 Å². The van der Waals surface area contributed by atoms with Crippen LogP contribution in [0.3, 0.4) is 0 Å². The predicted molar refractivity (Wildman–Crippen MR) is 57.6 cm³/mol. The Bertz CT molecular complexity index is 235. The molecule has 0 aromatic carbocycles. The first-order valence-electron chi connectivity index (χ1n) is 5.92. The highest BCUT2D eigenvalue weighted by Gasteiger charge is 2.34. The molecule has 0 spiro atoms. The normalized spacial score (nSPS) is 26.2. The number of unbranched alkanes of at least 4 members (excludes halogenated alkanes) is 1. The van der Waals surface area contributed by atoms with E-state index in [2.05, 4.69) is 0 Å². The van der Waals surface area contributed by atoms with Gasteiger partial charge < -0.3 is 5.11 Å². The molecule has 2 unspecified atom stereocenters. The molecule has 3 heteroatoms. The van der Waals surface area contributed by atoms with Gasteiger partial charge in [-0.15, -0.1) is 0 Å². The van der Waals surface area contributed by atoms with Crippen LogP contribution in [-0.2, 0) is 9.59 Å². The second-order valence-corrected chi connectivity index (χ2v) is 4.41. The summed E-state index contributed by atoms with van der Waals surface area (Å²) in [4.78, 5) is 22.8. The minimum atomic E-state index is -0.787. The topological polar surface area (TPSA) is 54.4 Å². The summed E-state index contributed by atoms with van der Waals surface area (Å²) in [5.74, 6) is -1.24. The first kappa shape index (κ1) is 12.2. The fourth-order valence-corrected chi connectivity index (χ4v) is 2.35. The van der Waals surface area contributed by atoms with Crippen LogP contribution in [0.2, 0.25) is 0 Å². The first-order valence-corrected chi connectivity index (χ1v) is 5.92. The Morgan fingerprint density at radius 2 is 1.80 bits per heavy atom. The van der Waals surface area contributed by atoms with E-state index >= 15 is 0 Å². The molecule has 1 aliphatic rings. The van der Waals surface area contributed by atoms with E-state index in [1.807, 2.05) is 6.92 Å². The molecule has 1 aliphatic carbocycles. The van der Waals surface area contributed by atoms with Crippen molar-refractivity contribution in [1.29, 1.82) is 0 Å². The van der Waals surface area contributed by atoms with Crippen molar-refractivity contribution in [3.05, 3.63) is 0 Å². The standard InChI is InChI=1S/C12H20O3/c1-2-3-8-11(13)9-6-4-5-7-10(9)12(14)15/h9-10H,2-8H2,1H3,(H,14,15). The Labute approximate surface area is 90.9 Å². The van der Waals surface area contributed by atoms with Crippen molar-refractivity contribution < 1.29 is 14.7 Å². The van der Waals surface area contributed by atoms with Gasteiger partial charge in [0.25, 0.3) is 0 Å². The minimum absolute atomic E-state index is 0.170. The van der Waals surface area contributed by atoms with E-state index in [9.17, 15) is 9.59 Å². The Kier molecular flexibility index (Phi) is 4.79. The molecule has 3 nitrogen and oxygen atoms in total. The van der Waals surface area contributed by atoms with E-state index < -0.39 is 11.9 Å². The highest BCUT2D eigenvalue weighted by molar-refractivity contribution is 5.86. The zero-order chi connectivity index (χ0) is 11.3. The van der Waals surface area contributed by atoms with E-state index in [0.29, 0.717) is 12.8 Å². The second kappa shape index (κ2) is 5.89. The zero-order valence-electron chi connectivity index (χ0n) is 9.37. The van der Waals surface area contributed by atoms with Gasteiger partial charge >= 0.3 is 5.97 Å². The van der Waals surface area contributed by atoms with Crippen LogP contribution in [0.15, 0.2) is 0 Å². The third kappa shape index (κ3) is 3.33. The maximum Gasteiger partial charge on any atom is 0.307 e. The van der Waals surface area contributed by atoms with E-state index in [0.717, 1.165) is 32.1 Å². The van der Waals surface area contributed by atoms with Crippen LogP contribution in [0, 0.1) is 11.8 Å². The van der Waals surface area contributed by atoms with Gasteiger partial charge in [-0.05, 0) is 19.3 Å². The van der Waals surface area contributed by atoms with Crippen molar-refractivity contribution in [3.63, 3.8) is 0 Å². The molecule has 1 rings (SSSR count). The molecule has 86 valence electrons. The Morgan fingerprint density at radius 1 is 1.20 bits per heavy atom. The number of hydrogen-bond donors (Lipinski definition) is 1. The number of Topliss-reactive ketones (excluding diaryl/α,β-unsaturated/α-hetero) is 1. The fraction of sp³-hybridized carbons (Fsp3) is 0.833. The minimum Gasteiger partial charge on any atom is -0.481 e. The lowest BCUT2D eigenvalue weighted by atomic mass is 9.76. The fourth-order valence-electron chi connectivity index (χ4n) is 2.35. The Morgan fingerprint density at radius 3 is 2.33 bits per heavy atom. The van der Waals surface area contributed by atoms with Crippen molar-refractivity contribution in [2.24, 2.45) is 11.8 Å². The number of carboxylic acid groups (broad SMARTS) is 1. The van der Waals surface area contributed by atoms with Crippen LogP contribution in [0.1, 0.15) is 51.9 Å². The highest BCUT2D eigenvalue weighted by atomic mass is 16.4. The van der Waals surface area contributed by atoms with Crippen molar-refractivity contribution >= 4 is 11.8 Å². The summed E-state index contributed by atoms with van der Waals surface area (Å²) in [6.45, 7) is 2.04. The molecule has 0 aliphatic heterocycles. The van der Waals surface area contributed by atoms with Crippen LogP contribution in [-0.4, -0.2) is 16.9 Å². The largest absolute Gasteiger partial charge is 0.481 e. The lowest BCUT2D eigenvalue weighted by Gasteiger charge is -2.27. The molecule has 1 N–H and O–H groups in total. The average Bonchev–Trinajstić information content (AvgIpc) is 2.25. The van der Waals surface area contributed by atoms with Crippen molar-refractivity contribution in [3.8, 4) is 0 Å². The smallest absolute Gasteiger partial charge is 0.307 e. The lowest BCUT2D eigenvalue weighted by Crippen LogP contribution is -2.32. The monoisotopic (exact) mass is 212 g/mol. The summed E-state index contributed by atoms with van der Waals surface area (Å²) < 4.78 is 0. The predicted octanol–water partition coefficient (Wildman–Crippen LogP) is 2.64.